The Hall–Kier alpha value is -1.32. The van der Waals surface area contributed by atoms with Crippen molar-refractivity contribution in [2.24, 2.45) is 0 Å². The molecule has 0 fully saturated rings. The zero-order valence-electron chi connectivity index (χ0n) is 12.7. The van der Waals surface area contributed by atoms with Crippen molar-refractivity contribution in [1.82, 2.24) is 5.32 Å². The summed E-state index contributed by atoms with van der Waals surface area (Å²) in [7, 11) is 1.98. The van der Waals surface area contributed by atoms with Crippen molar-refractivity contribution in [3.63, 3.8) is 0 Å². The van der Waals surface area contributed by atoms with Gasteiger partial charge in [-0.3, -0.25) is 0 Å². The van der Waals surface area contributed by atoms with Crippen molar-refractivity contribution in [3.05, 3.63) is 51.2 Å². The molecule has 1 aromatic carbocycles. The smallest absolute Gasteiger partial charge is 0.122 e. The van der Waals surface area contributed by atoms with Gasteiger partial charge in [0, 0.05) is 15.8 Å². The van der Waals surface area contributed by atoms with E-state index in [0.29, 0.717) is 12.6 Å². The Morgan fingerprint density at radius 2 is 1.95 bits per heavy atom. The SMILES string of the molecule is CCc1ccc(COc2ccc(C(C)NC)cc2C)s1. The van der Waals surface area contributed by atoms with Crippen LogP contribution in [-0.4, -0.2) is 7.05 Å². The average Bonchev–Trinajstić information content (AvgIpc) is 2.93. The normalized spacial score (nSPS) is 12.4. The molecule has 2 aromatic rings. The third kappa shape index (κ3) is 3.62. The lowest BCUT2D eigenvalue weighted by atomic mass is 10.1. The molecule has 0 bridgehead atoms. The van der Waals surface area contributed by atoms with Crippen LogP contribution >= 0.6 is 11.3 Å². The predicted molar refractivity (Wildman–Crippen MR) is 86.7 cm³/mol. The molecule has 0 radical (unpaired) electrons. The molecule has 1 aromatic heterocycles. The first-order valence-electron chi connectivity index (χ1n) is 7.12. The van der Waals surface area contributed by atoms with E-state index in [1.165, 1.54) is 20.9 Å². The number of aryl methyl sites for hydroxylation is 2. The fourth-order valence-electron chi connectivity index (χ4n) is 2.11. The monoisotopic (exact) mass is 289 g/mol. The van der Waals surface area contributed by atoms with Crippen LogP contribution in [0.15, 0.2) is 30.3 Å². The first kappa shape index (κ1) is 15.1. The first-order chi connectivity index (χ1) is 9.63. The topological polar surface area (TPSA) is 21.3 Å². The number of rotatable bonds is 6. The summed E-state index contributed by atoms with van der Waals surface area (Å²) in [6, 6.07) is 11.1. The Morgan fingerprint density at radius 3 is 2.55 bits per heavy atom. The molecule has 0 saturated carbocycles. The molecular formula is C17H23NOS. The summed E-state index contributed by atoms with van der Waals surface area (Å²) >= 11 is 1.83. The Bertz CT molecular complexity index is 562. The summed E-state index contributed by atoms with van der Waals surface area (Å²) in [6.45, 7) is 7.11. The largest absolute Gasteiger partial charge is 0.488 e. The molecule has 0 aliphatic rings. The molecule has 1 atom stereocenters. The van der Waals surface area contributed by atoms with E-state index in [1.807, 2.05) is 18.4 Å². The lowest BCUT2D eigenvalue weighted by Crippen LogP contribution is -2.12. The summed E-state index contributed by atoms with van der Waals surface area (Å²) < 4.78 is 5.94. The second kappa shape index (κ2) is 6.91. The zero-order valence-corrected chi connectivity index (χ0v) is 13.5. The highest BCUT2D eigenvalue weighted by atomic mass is 32.1. The van der Waals surface area contributed by atoms with Crippen LogP contribution in [0.5, 0.6) is 5.75 Å². The molecule has 0 amide bonds. The minimum atomic E-state index is 0.368. The molecule has 1 heterocycles. The highest BCUT2D eigenvalue weighted by Gasteiger charge is 2.07. The van der Waals surface area contributed by atoms with E-state index in [1.54, 1.807) is 0 Å². The van der Waals surface area contributed by atoms with Gasteiger partial charge in [0.1, 0.15) is 12.4 Å². The molecule has 0 spiro atoms. The van der Waals surface area contributed by atoms with Gasteiger partial charge in [0.25, 0.3) is 0 Å². The second-order valence-corrected chi connectivity index (χ2v) is 6.30. The van der Waals surface area contributed by atoms with Gasteiger partial charge in [0.2, 0.25) is 0 Å². The molecule has 1 unspecified atom stereocenters. The van der Waals surface area contributed by atoms with Gasteiger partial charge in [-0.15, -0.1) is 11.3 Å². The van der Waals surface area contributed by atoms with Crippen LogP contribution in [0.4, 0.5) is 0 Å². The van der Waals surface area contributed by atoms with E-state index in [9.17, 15) is 0 Å². The summed E-state index contributed by atoms with van der Waals surface area (Å²) in [5.74, 6) is 0.975. The van der Waals surface area contributed by atoms with Crippen molar-refractivity contribution in [3.8, 4) is 5.75 Å². The maximum Gasteiger partial charge on any atom is 0.122 e. The van der Waals surface area contributed by atoms with Gasteiger partial charge >= 0.3 is 0 Å². The summed E-state index contributed by atoms with van der Waals surface area (Å²) in [6.07, 6.45) is 1.10. The van der Waals surface area contributed by atoms with Gasteiger partial charge in [-0.1, -0.05) is 19.1 Å². The van der Waals surface area contributed by atoms with Crippen LogP contribution < -0.4 is 10.1 Å². The molecule has 3 heteroatoms. The lowest BCUT2D eigenvalue weighted by molar-refractivity contribution is 0.307. The summed E-state index contributed by atoms with van der Waals surface area (Å²) in [5, 5.41) is 3.26. The predicted octanol–water partition coefficient (Wildman–Crippen LogP) is 4.48. The van der Waals surface area contributed by atoms with Gasteiger partial charge in [0.05, 0.1) is 0 Å². The maximum atomic E-state index is 5.94. The van der Waals surface area contributed by atoms with Crippen molar-refractivity contribution < 1.29 is 4.74 Å². The van der Waals surface area contributed by atoms with Crippen molar-refractivity contribution in [2.45, 2.75) is 39.8 Å². The third-order valence-corrected chi connectivity index (χ3v) is 4.77. The fourth-order valence-corrected chi connectivity index (χ4v) is 2.98. The highest BCUT2D eigenvalue weighted by molar-refractivity contribution is 7.11. The van der Waals surface area contributed by atoms with Gasteiger partial charge in [-0.05, 0) is 56.6 Å². The Kier molecular flexibility index (Phi) is 5.21. The summed E-state index contributed by atoms with van der Waals surface area (Å²) in [4.78, 5) is 2.70. The molecule has 2 rings (SSSR count). The molecule has 1 N–H and O–H groups in total. The molecule has 0 aliphatic heterocycles. The van der Waals surface area contributed by atoms with Crippen molar-refractivity contribution in [1.29, 1.82) is 0 Å². The van der Waals surface area contributed by atoms with Gasteiger partial charge in [0.15, 0.2) is 0 Å². The number of hydrogen-bond acceptors (Lipinski definition) is 3. The zero-order chi connectivity index (χ0) is 14.5. The summed E-state index contributed by atoms with van der Waals surface area (Å²) in [5.41, 5.74) is 2.48. The van der Waals surface area contributed by atoms with Crippen molar-refractivity contribution in [2.75, 3.05) is 7.05 Å². The fraction of sp³-hybridized carbons (Fsp3) is 0.412. The molecule has 0 aliphatic carbocycles. The highest BCUT2D eigenvalue weighted by Crippen LogP contribution is 2.25. The van der Waals surface area contributed by atoms with Crippen LogP contribution in [0.1, 0.15) is 40.8 Å². The molecular weight excluding hydrogens is 266 g/mol. The van der Waals surface area contributed by atoms with E-state index in [4.69, 9.17) is 4.74 Å². The number of benzene rings is 1. The molecule has 0 saturated heterocycles. The van der Waals surface area contributed by atoms with Gasteiger partial charge in [-0.25, -0.2) is 0 Å². The van der Waals surface area contributed by atoms with E-state index >= 15 is 0 Å². The quantitative estimate of drug-likeness (QED) is 0.846. The minimum absolute atomic E-state index is 0.368. The van der Waals surface area contributed by atoms with E-state index in [2.05, 4.69) is 56.4 Å². The number of thiophene rings is 1. The Morgan fingerprint density at radius 1 is 1.20 bits per heavy atom. The third-order valence-electron chi connectivity index (χ3n) is 3.57. The van der Waals surface area contributed by atoms with Crippen LogP contribution in [0.25, 0.3) is 0 Å². The Labute approximate surface area is 125 Å². The maximum absolute atomic E-state index is 5.94. The van der Waals surface area contributed by atoms with E-state index < -0.39 is 0 Å². The van der Waals surface area contributed by atoms with Gasteiger partial charge in [-0.2, -0.15) is 0 Å². The van der Waals surface area contributed by atoms with Crippen LogP contribution in [0.2, 0.25) is 0 Å². The molecule has 2 nitrogen and oxygen atoms in total. The van der Waals surface area contributed by atoms with E-state index in [-0.39, 0.29) is 0 Å². The first-order valence-corrected chi connectivity index (χ1v) is 7.94. The lowest BCUT2D eigenvalue weighted by Gasteiger charge is -2.14. The number of hydrogen-bond donors (Lipinski definition) is 1. The molecule has 108 valence electrons. The number of nitrogens with one attached hydrogen (secondary N) is 1. The van der Waals surface area contributed by atoms with Crippen molar-refractivity contribution >= 4 is 11.3 Å². The second-order valence-electron chi connectivity index (χ2n) is 5.05. The Balaban J connectivity index is 2.02. The number of ether oxygens (including phenoxy) is 1. The molecule has 20 heavy (non-hydrogen) atoms. The van der Waals surface area contributed by atoms with E-state index in [0.717, 1.165) is 12.2 Å². The average molecular weight is 289 g/mol. The standard InChI is InChI=1S/C17H23NOS/c1-5-15-7-8-16(20-15)11-19-17-9-6-14(10-12(17)2)13(3)18-4/h6-10,13,18H,5,11H2,1-4H3. The van der Waals surface area contributed by atoms with Crippen LogP contribution in [0, 0.1) is 6.92 Å². The van der Waals surface area contributed by atoms with Crippen LogP contribution in [-0.2, 0) is 13.0 Å². The minimum Gasteiger partial charge on any atom is -0.488 e. The van der Waals surface area contributed by atoms with Gasteiger partial charge < -0.3 is 10.1 Å². The van der Waals surface area contributed by atoms with Crippen LogP contribution in [0.3, 0.4) is 0 Å².